The summed E-state index contributed by atoms with van der Waals surface area (Å²) in [6, 6.07) is 14.3. The highest BCUT2D eigenvalue weighted by atomic mass is 16.5. The smallest absolute Gasteiger partial charge is 0.258 e. The van der Waals surface area contributed by atoms with Crippen LogP contribution < -0.4 is 14.8 Å². The van der Waals surface area contributed by atoms with Crippen molar-refractivity contribution in [3.05, 3.63) is 66.2 Å². The molecule has 0 bridgehead atoms. The van der Waals surface area contributed by atoms with Crippen LogP contribution in [0.4, 0.5) is 0 Å². The van der Waals surface area contributed by atoms with Gasteiger partial charge in [0.25, 0.3) is 5.91 Å². The summed E-state index contributed by atoms with van der Waals surface area (Å²) in [5, 5.41) is 15.9. The molecule has 8 nitrogen and oxygen atoms in total. The Kier molecular flexibility index (Phi) is 5.87. The van der Waals surface area contributed by atoms with Gasteiger partial charge in [-0.15, -0.1) is 0 Å². The molecule has 1 aromatic heterocycles. The van der Waals surface area contributed by atoms with Crippen LogP contribution in [-0.4, -0.2) is 34.4 Å². The van der Waals surface area contributed by atoms with Crippen LogP contribution in [0.5, 0.6) is 11.5 Å². The van der Waals surface area contributed by atoms with Gasteiger partial charge in [0, 0.05) is 6.07 Å². The molecule has 3 aromatic rings. The van der Waals surface area contributed by atoms with Gasteiger partial charge in [-0.05, 0) is 36.8 Å². The minimum atomic E-state index is -0.265. The van der Waals surface area contributed by atoms with E-state index in [1.54, 1.807) is 29.2 Å². The highest BCUT2D eigenvalue weighted by Gasteiger charge is 2.12. The molecule has 1 N–H and O–H groups in total. The fourth-order valence-corrected chi connectivity index (χ4v) is 2.62. The van der Waals surface area contributed by atoms with Gasteiger partial charge in [-0.1, -0.05) is 12.1 Å². The fourth-order valence-electron chi connectivity index (χ4n) is 2.62. The van der Waals surface area contributed by atoms with E-state index in [1.165, 1.54) is 13.4 Å². The summed E-state index contributed by atoms with van der Waals surface area (Å²) in [4.78, 5) is 16.1. The summed E-state index contributed by atoms with van der Waals surface area (Å²) in [5.74, 6) is 0.546. The number of benzene rings is 2. The molecule has 0 radical (unpaired) electrons. The Bertz CT molecular complexity index is 978. The van der Waals surface area contributed by atoms with Crippen LogP contribution in [0.2, 0.25) is 0 Å². The Labute approximate surface area is 162 Å². The lowest BCUT2D eigenvalue weighted by Crippen LogP contribution is -2.31. The van der Waals surface area contributed by atoms with Gasteiger partial charge in [-0.3, -0.25) is 4.79 Å². The number of ether oxygens (including phenoxy) is 2. The molecule has 3 rings (SSSR count). The molecular weight excluding hydrogens is 358 g/mol. The third kappa shape index (κ3) is 4.45. The Morgan fingerprint density at radius 2 is 2.04 bits per heavy atom. The number of aromatic nitrogens is 3. The molecule has 0 aliphatic carbocycles. The van der Waals surface area contributed by atoms with E-state index in [2.05, 4.69) is 15.4 Å². The lowest BCUT2D eigenvalue weighted by atomic mass is 10.1. The first-order valence-corrected chi connectivity index (χ1v) is 8.56. The molecule has 2 aromatic carbocycles. The van der Waals surface area contributed by atoms with E-state index < -0.39 is 0 Å². The van der Waals surface area contributed by atoms with Gasteiger partial charge in [0.1, 0.15) is 12.7 Å². The molecule has 0 spiro atoms. The first kappa shape index (κ1) is 18.9. The molecule has 0 aliphatic heterocycles. The molecule has 28 heavy (non-hydrogen) atoms. The topological polar surface area (TPSA) is 102 Å². The van der Waals surface area contributed by atoms with Crippen LogP contribution in [-0.2, 0) is 4.79 Å². The number of amides is 1. The average molecular weight is 377 g/mol. The average Bonchev–Trinajstić information content (AvgIpc) is 3.27. The Hall–Kier alpha value is -3.86. The first-order valence-electron chi connectivity index (χ1n) is 8.56. The Balaban J connectivity index is 1.57. The van der Waals surface area contributed by atoms with Crippen LogP contribution in [0.25, 0.3) is 5.69 Å². The number of hydrogen-bond acceptors (Lipinski definition) is 6. The summed E-state index contributed by atoms with van der Waals surface area (Å²) in [5.41, 5.74) is 2.29. The maximum absolute atomic E-state index is 12.2. The molecule has 8 heteroatoms. The maximum Gasteiger partial charge on any atom is 0.258 e. The van der Waals surface area contributed by atoms with Gasteiger partial charge < -0.3 is 14.8 Å². The van der Waals surface area contributed by atoms with Crippen LogP contribution in [0.1, 0.15) is 24.1 Å². The number of carbonyl (C=O) groups excluding carboxylic acids is 1. The number of rotatable bonds is 7. The summed E-state index contributed by atoms with van der Waals surface area (Å²) in [6.45, 7) is 1.73. The largest absolute Gasteiger partial charge is 0.493 e. The van der Waals surface area contributed by atoms with Crippen LogP contribution in [0.3, 0.4) is 0 Å². The third-order valence-electron chi connectivity index (χ3n) is 4.11. The lowest BCUT2D eigenvalue weighted by molar-refractivity contribution is -0.123. The van der Waals surface area contributed by atoms with Crippen molar-refractivity contribution in [2.45, 2.75) is 13.0 Å². The third-order valence-corrected chi connectivity index (χ3v) is 4.11. The van der Waals surface area contributed by atoms with Gasteiger partial charge >= 0.3 is 0 Å². The van der Waals surface area contributed by atoms with Gasteiger partial charge in [-0.25, -0.2) is 9.67 Å². The van der Waals surface area contributed by atoms with Gasteiger partial charge in [0.15, 0.2) is 18.1 Å². The molecular formula is C20H19N5O3. The molecule has 1 unspecified atom stereocenters. The van der Waals surface area contributed by atoms with Crippen molar-refractivity contribution < 1.29 is 14.3 Å². The molecule has 1 amide bonds. The predicted octanol–water partition coefficient (Wildman–Crippen LogP) is 2.40. The molecule has 1 heterocycles. The Morgan fingerprint density at radius 3 is 2.68 bits per heavy atom. The van der Waals surface area contributed by atoms with Gasteiger partial charge in [-0.2, -0.15) is 10.4 Å². The van der Waals surface area contributed by atoms with Crippen molar-refractivity contribution >= 4 is 5.91 Å². The number of nitriles is 1. The molecule has 0 saturated carbocycles. The minimum absolute atomic E-state index is 0.163. The van der Waals surface area contributed by atoms with Crippen LogP contribution in [0.15, 0.2) is 55.1 Å². The van der Waals surface area contributed by atoms with E-state index in [9.17, 15) is 4.79 Å². The highest BCUT2D eigenvalue weighted by molar-refractivity contribution is 5.78. The molecule has 0 fully saturated rings. The standard InChI is InChI=1S/C20H19N5O3/c1-14(16-4-6-17(7-5-16)25-13-22-12-23-25)24-20(26)11-28-18-8-3-15(10-21)9-19(18)27-2/h3-9,12-14H,11H2,1-2H3,(H,24,26). The van der Waals surface area contributed by atoms with E-state index >= 15 is 0 Å². The monoisotopic (exact) mass is 377 g/mol. The van der Waals surface area contributed by atoms with E-state index in [1.807, 2.05) is 37.3 Å². The van der Waals surface area contributed by atoms with E-state index in [0.717, 1.165) is 11.3 Å². The minimum Gasteiger partial charge on any atom is -0.493 e. The SMILES string of the molecule is COc1cc(C#N)ccc1OCC(=O)NC(C)c1ccc(-n2cncn2)cc1. The normalized spacial score (nSPS) is 11.3. The maximum atomic E-state index is 12.2. The second kappa shape index (κ2) is 8.68. The second-order valence-corrected chi connectivity index (χ2v) is 5.99. The van der Waals surface area contributed by atoms with Crippen molar-refractivity contribution in [1.29, 1.82) is 5.26 Å². The summed E-state index contributed by atoms with van der Waals surface area (Å²) >= 11 is 0. The predicted molar refractivity (Wildman–Crippen MR) is 101 cm³/mol. The molecule has 0 saturated heterocycles. The summed E-state index contributed by atoms with van der Waals surface area (Å²) in [6.07, 6.45) is 3.09. The van der Waals surface area contributed by atoms with Crippen molar-refractivity contribution in [3.8, 4) is 23.3 Å². The zero-order chi connectivity index (χ0) is 19.9. The van der Waals surface area contributed by atoms with E-state index in [0.29, 0.717) is 17.1 Å². The van der Waals surface area contributed by atoms with Crippen LogP contribution in [0, 0.1) is 11.3 Å². The molecule has 0 aliphatic rings. The zero-order valence-electron chi connectivity index (χ0n) is 15.5. The van der Waals surface area contributed by atoms with Crippen molar-refractivity contribution in [1.82, 2.24) is 20.1 Å². The Morgan fingerprint density at radius 1 is 1.25 bits per heavy atom. The molecule has 142 valence electrons. The van der Waals surface area contributed by atoms with E-state index in [-0.39, 0.29) is 18.6 Å². The number of hydrogen-bond donors (Lipinski definition) is 1. The summed E-state index contributed by atoms with van der Waals surface area (Å²) < 4.78 is 12.4. The van der Waals surface area contributed by atoms with Gasteiger partial charge in [0.05, 0.1) is 30.5 Å². The lowest BCUT2D eigenvalue weighted by Gasteiger charge is -2.16. The van der Waals surface area contributed by atoms with Gasteiger partial charge in [0.2, 0.25) is 0 Å². The second-order valence-electron chi connectivity index (χ2n) is 5.99. The zero-order valence-corrected chi connectivity index (χ0v) is 15.5. The highest BCUT2D eigenvalue weighted by Crippen LogP contribution is 2.27. The number of carbonyl (C=O) groups is 1. The number of nitrogens with zero attached hydrogens (tertiary/aromatic N) is 4. The summed E-state index contributed by atoms with van der Waals surface area (Å²) in [7, 11) is 1.48. The van der Waals surface area contributed by atoms with E-state index in [4.69, 9.17) is 14.7 Å². The molecule has 1 atom stereocenters. The number of methoxy groups -OCH3 is 1. The fraction of sp³-hybridized carbons (Fsp3) is 0.200. The quantitative estimate of drug-likeness (QED) is 0.678. The first-order chi connectivity index (χ1) is 13.6. The number of nitrogens with one attached hydrogen (secondary N) is 1. The van der Waals surface area contributed by atoms with Crippen molar-refractivity contribution in [2.24, 2.45) is 0 Å². The van der Waals surface area contributed by atoms with Crippen LogP contribution >= 0.6 is 0 Å². The van der Waals surface area contributed by atoms with Crippen molar-refractivity contribution in [3.63, 3.8) is 0 Å². The van der Waals surface area contributed by atoms with Crippen molar-refractivity contribution in [2.75, 3.05) is 13.7 Å².